The smallest absolute Gasteiger partial charge is 0.305 e. The lowest BCUT2D eigenvalue weighted by Gasteiger charge is -2.20. The molecule has 1 fully saturated rings. The van der Waals surface area contributed by atoms with E-state index in [1.807, 2.05) is 0 Å². The first kappa shape index (κ1) is 21.5. The second kappa shape index (κ2) is 16.0. The molecule has 0 spiro atoms. The summed E-state index contributed by atoms with van der Waals surface area (Å²) in [5.41, 5.74) is 0. The van der Waals surface area contributed by atoms with Crippen LogP contribution in [0, 0.1) is 5.92 Å². The van der Waals surface area contributed by atoms with Gasteiger partial charge in [-0.2, -0.15) is 0 Å². The molecule has 0 aromatic rings. The van der Waals surface area contributed by atoms with Gasteiger partial charge in [0.2, 0.25) is 0 Å². The molecule has 0 N–H and O–H groups in total. The van der Waals surface area contributed by atoms with Crippen LogP contribution in [-0.4, -0.2) is 12.6 Å². The topological polar surface area (TPSA) is 26.3 Å². The summed E-state index contributed by atoms with van der Waals surface area (Å²) in [6, 6.07) is 0. The Morgan fingerprint density at radius 3 is 2.00 bits per heavy atom. The third-order valence-corrected chi connectivity index (χ3v) is 5.48. The van der Waals surface area contributed by atoms with Crippen LogP contribution >= 0.6 is 0 Å². The summed E-state index contributed by atoms with van der Waals surface area (Å²) < 4.78 is 5.36. The van der Waals surface area contributed by atoms with Crippen LogP contribution in [0.1, 0.15) is 122 Å². The largest absolute Gasteiger partial charge is 0.466 e. The number of esters is 1. The second-order valence-electron chi connectivity index (χ2n) is 7.80. The molecular weight excluding hydrogens is 296 g/mol. The maximum absolute atomic E-state index is 11.7. The van der Waals surface area contributed by atoms with E-state index < -0.39 is 0 Å². The van der Waals surface area contributed by atoms with Gasteiger partial charge in [0.05, 0.1) is 6.61 Å². The highest BCUT2D eigenvalue weighted by molar-refractivity contribution is 5.69. The molecule has 0 aromatic carbocycles. The minimum atomic E-state index is 0.0294. The number of rotatable bonds is 15. The highest BCUT2D eigenvalue weighted by Crippen LogP contribution is 2.27. The highest BCUT2D eigenvalue weighted by atomic mass is 16.5. The molecule has 2 nitrogen and oxygen atoms in total. The molecule has 0 aromatic heterocycles. The number of hydrogen-bond donors (Lipinski definition) is 0. The van der Waals surface area contributed by atoms with Crippen LogP contribution in [-0.2, 0) is 9.53 Å². The zero-order valence-electron chi connectivity index (χ0n) is 16.3. The monoisotopic (exact) mass is 338 g/mol. The fourth-order valence-corrected chi connectivity index (χ4v) is 3.86. The minimum absolute atomic E-state index is 0.0294. The third kappa shape index (κ3) is 12.8. The van der Waals surface area contributed by atoms with E-state index in [1.54, 1.807) is 0 Å². The summed E-state index contributed by atoms with van der Waals surface area (Å²) in [4.78, 5) is 11.7. The number of carbonyl (C=O) groups excluding carboxylic acids is 1. The summed E-state index contributed by atoms with van der Waals surface area (Å²) in [6.45, 7) is 2.91. The van der Waals surface area contributed by atoms with Gasteiger partial charge in [0, 0.05) is 6.42 Å². The first-order valence-electron chi connectivity index (χ1n) is 11.0. The number of carbonyl (C=O) groups is 1. The Balaban J connectivity index is 1.77. The van der Waals surface area contributed by atoms with Crippen molar-refractivity contribution in [3.63, 3.8) is 0 Å². The van der Waals surface area contributed by atoms with E-state index in [9.17, 15) is 4.79 Å². The summed E-state index contributed by atoms with van der Waals surface area (Å²) in [7, 11) is 0. The third-order valence-electron chi connectivity index (χ3n) is 5.48. The van der Waals surface area contributed by atoms with Gasteiger partial charge in [-0.15, -0.1) is 0 Å². The van der Waals surface area contributed by atoms with Crippen molar-refractivity contribution in [2.75, 3.05) is 6.61 Å². The maximum atomic E-state index is 11.7. The van der Waals surface area contributed by atoms with Crippen molar-refractivity contribution in [3.05, 3.63) is 0 Å². The van der Waals surface area contributed by atoms with Crippen molar-refractivity contribution in [1.82, 2.24) is 0 Å². The molecule has 142 valence electrons. The Labute approximate surface area is 151 Å². The Hall–Kier alpha value is -0.530. The van der Waals surface area contributed by atoms with Crippen molar-refractivity contribution in [2.24, 2.45) is 5.92 Å². The molecule has 0 atom stereocenters. The number of unbranched alkanes of at least 4 members (excludes halogenated alkanes) is 9. The van der Waals surface area contributed by atoms with Crippen LogP contribution in [0.2, 0.25) is 0 Å². The van der Waals surface area contributed by atoms with Crippen LogP contribution in [0.3, 0.4) is 0 Å². The molecule has 0 amide bonds. The van der Waals surface area contributed by atoms with E-state index in [2.05, 4.69) is 6.92 Å². The Bertz CT molecular complexity index is 282. The molecule has 0 aliphatic heterocycles. The number of hydrogen-bond acceptors (Lipinski definition) is 2. The molecule has 0 heterocycles. The van der Waals surface area contributed by atoms with Gasteiger partial charge in [-0.05, 0) is 25.2 Å². The van der Waals surface area contributed by atoms with Crippen molar-refractivity contribution in [3.8, 4) is 0 Å². The molecule has 24 heavy (non-hydrogen) atoms. The van der Waals surface area contributed by atoms with Gasteiger partial charge in [-0.1, -0.05) is 96.8 Å². The molecule has 0 saturated heterocycles. The van der Waals surface area contributed by atoms with E-state index in [0.29, 0.717) is 13.0 Å². The van der Waals surface area contributed by atoms with E-state index in [1.165, 1.54) is 96.3 Å². The van der Waals surface area contributed by atoms with Gasteiger partial charge < -0.3 is 4.74 Å². The fourth-order valence-electron chi connectivity index (χ4n) is 3.86. The Morgan fingerprint density at radius 2 is 1.38 bits per heavy atom. The minimum Gasteiger partial charge on any atom is -0.466 e. The SMILES string of the molecule is CCCCCCCCCCCCOC(=O)CCCC1CCCCC1. The molecule has 2 heteroatoms. The summed E-state index contributed by atoms with van der Waals surface area (Å²) >= 11 is 0. The van der Waals surface area contributed by atoms with Crippen LogP contribution < -0.4 is 0 Å². The van der Waals surface area contributed by atoms with E-state index in [4.69, 9.17) is 4.74 Å². The molecule has 1 aliphatic rings. The molecular formula is C22H42O2. The van der Waals surface area contributed by atoms with Crippen LogP contribution in [0.25, 0.3) is 0 Å². The Morgan fingerprint density at radius 1 is 0.792 bits per heavy atom. The van der Waals surface area contributed by atoms with E-state index in [0.717, 1.165) is 18.8 Å². The predicted octanol–water partition coefficient (Wildman–Crippen LogP) is 7.20. The average molecular weight is 339 g/mol. The van der Waals surface area contributed by atoms with Crippen LogP contribution in [0.4, 0.5) is 0 Å². The predicted molar refractivity (Wildman–Crippen MR) is 103 cm³/mol. The average Bonchev–Trinajstić information content (AvgIpc) is 2.60. The first-order valence-corrected chi connectivity index (χ1v) is 11.0. The fraction of sp³-hybridized carbons (Fsp3) is 0.955. The second-order valence-corrected chi connectivity index (χ2v) is 7.80. The van der Waals surface area contributed by atoms with Gasteiger partial charge in [0.1, 0.15) is 0 Å². The van der Waals surface area contributed by atoms with Crippen molar-refractivity contribution < 1.29 is 9.53 Å². The molecule has 0 radical (unpaired) electrons. The number of ether oxygens (including phenoxy) is 1. The lowest BCUT2D eigenvalue weighted by Crippen LogP contribution is -2.09. The summed E-state index contributed by atoms with van der Waals surface area (Å²) in [6.07, 6.45) is 23.1. The zero-order chi connectivity index (χ0) is 17.3. The van der Waals surface area contributed by atoms with Crippen molar-refractivity contribution >= 4 is 5.97 Å². The maximum Gasteiger partial charge on any atom is 0.305 e. The van der Waals surface area contributed by atoms with Gasteiger partial charge in [0.15, 0.2) is 0 Å². The normalized spacial score (nSPS) is 15.5. The van der Waals surface area contributed by atoms with E-state index in [-0.39, 0.29) is 5.97 Å². The van der Waals surface area contributed by atoms with Crippen LogP contribution in [0.5, 0.6) is 0 Å². The quantitative estimate of drug-likeness (QED) is 0.233. The van der Waals surface area contributed by atoms with Gasteiger partial charge in [0.25, 0.3) is 0 Å². The molecule has 1 saturated carbocycles. The summed E-state index contributed by atoms with van der Waals surface area (Å²) in [5, 5.41) is 0. The lowest BCUT2D eigenvalue weighted by molar-refractivity contribution is -0.143. The van der Waals surface area contributed by atoms with Gasteiger partial charge in [-0.3, -0.25) is 4.79 Å². The first-order chi connectivity index (χ1) is 11.8. The zero-order valence-corrected chi connectivity index (χ0v) is 16.3. The standard InChI is InChI=1S/C22H42O2/c1-2-3-4-5-6-7-8-9-10-14-20-24-22(23)19-15-18-21-16-12-11-13-17-21/h21H,2-20H2,1H3. The molecule has 0 bridgehead atoms. The van der Waals surface area contributed by atoms with Gasteiger partial charge in [-0.25, -0.2) is 0 Å². The lowest BCUT2D eigenvalue weighted by atomic mass is 9.86. The molecule has 1 rings (SSSR count). The Kier molecular flexibility index (Phi) is 14.3. The van der Waals surface area contributed by atoms with Crippen LogP contribution in [0.15, 0.2) is 0 Å². The highest BCUT2D eigenvalue weighted by Gasteiger charge is 2.13. The van der Waals surface area contributed by atoms with Gasteiger partial charge >= 0.3 is 5.97 Å². The van der Waals surface area contributed by atoms with Crippen molar-refractivity contribution in [2.45, 2.75) is 122 Å². The van der Waals surface area contributed by atoms with Crippen molar-refractivity contribution in [1.29, 1.82) is 0 Å². The summed E-state index contributed by atoms with van der Waals surface area (Å²) in [5.74, 6) is 0.912. The van der Waals surface area contributed by atoms with E-state index >= 15 is 0 Å². The molecule has 1 aliphatic carbocycles. The molecule has 0 unspecified atom stereocenters.